The van der Waals surface area contributed by atoms with Crippen molar-refractivity contribution in [2.24, 2.45) is 0 Å². The molecule has 1 N–H and O–H groups in total. The summed E-state index contributed by atoms with van der Waals surface area (Å²) in [4.78, 5) is 15.9. The average Bonchev–Trinajstić information content (AvgIpc) is 3.42. The Bertz CT molecular complexity index is 1160. The molecule has 0 saturated carbocycles. The van der Waals surface area contributed by atoms with Crippen molar-refractivity contribution in [1.82, 2.24) is 9.80 Å². The van der Waals surface area contributed by atoms with Gasteiger partial charge in [0.1, 0.15) is 17.1 Å². The lowest BCUT2D eigenvalue weighted by Crippen LogP contribution is -2.54. The molecule has 2 fully saturated rings. The van der Waals surface area contributed by atoms with Gasteiger partial charge in [-0.25, -0.2) is 4.79 Å². The van der Waals surface area contributed by atoms with Gasteiger partial charge < -0.3 is 14.6 Å². The first kappa shape index (κ1) is 28.0. The molecular formula is C25H25F7N2O4. The third kappa shape index (κ3) is 5.53. The summed E-state index contributed by atoms with van der Waals surface area (Å²) in [6.45, 7) is 0.618. The molecule has 0 amide bonds. The van der Waals surface area contributed by atoms with Gasteiger partial charge in [-0.05, 0) is 41.8 Å². The zero-order chi connectivity index (χ0) is 27.9. The lowest BCUT2D eigenvalue weighted by molar-refractivity contribution is -0.358. The van der Waals surface area contributed by atoms with Gasteiger partial charge in [-0.2, -0.15) is 30.7 Å². The number of fused-ring (bicyclic) bond motifs is 2. The quantitative estimate of drug-likeness (QED) is 0.418. The summed E-state index contributed by atoms with van der Waals surface area (Å²) in [5.74, 6) is -12.6. The van der Waals surface area contributed by atoms with E-state index in [-0.39, 0.29) is 23.4 Å². The summed E-state index contributed by atoms with van der Waals surface area (Å²) in [7, 11) is 1.42. The van der Waals surface area contributed by atoms with Gasteiger partial charge in [0.25, 0.3) is 0 Å². The molecule has 0 aliphatic carbocycles. The number of ether oxygens (including phenoxy) is 2. The molecule has 13 heteroatoms. The van der Waals surface area contributed by atoms with Crippen LogP contribution in [0.1, 0.15) is 27.9 Å². The van der Waals surface area contributed by atoms with Gasteiger partial charge in [0.2, 0.25) is 0 Å². The van der Waals surface area contributed by atoms with Crippen molar-refractivity contribution in [2.75, 3.05) is 26.8 Å². The molecule has 2 saturated heterocycles. The van der Waals surface area contributed by atoms with Crippen LogP contribution in [0.15, 0.2) is 42.5 Å². The SMILES string of the molecule is COc1cc(CN2CC3CC2CN3Cc2ccc(OCC(F)(F)C(F)(F)C(F)(F)F)cc2)ccc1C(=O)O. The number of aromatic carboxylic acids is 1. The zero-order valence-corrected chi connectivity index (χ0v) is 20.2. The molecule has 208 valence electrons. The number of rotatable bonds is 10. The van der Waals surface area contributed by atoms with Crippen molar-refractivity contribution in [1.29, 1.82) is 0 Å². The molecule has 6 nitrogen and oxygen atoms in total. The predicted octanol–water partition coefficient (Wildman–Crippen LogP) is 5.06. The Hall–Kier alpha value is -3.06. The van der Waals surface area contributed by atoms with Crippen molar-refractivity contribution in [3.63, 3.8) is 0 Å². The number of halogens is 7. The minimum Gasteiger partial charge on any atom is -0.496 e. The molecule has 38 heavy (non-hydrogen) atoms. The van der Waals surface area contributed by atoms with E-state index in [4.69, 9.17) is 4.74 Å². The van der Waals surface area contributed by atoms with Gasteiger partial charge >= 0.3 is 24.0 Å². The topological polar surface area (TPSA) is 62.2 Å². The maximum atomic E-state index is 13.4. The number of nitrogens with zero attached hydrogens (tertiary/aromatic N) is 2. The number of alkyl halides is 7. The number of carboxylic acids is 1. The number of hydrogen-bond donors (Lipinski definition) is 1. The fourth-order valence-electron chi connectivity index (χ4n) is 4.86. The second-order valence-electron chi connectivity index (χ2n) is 9.45. The fourth-order valence-corrected chi connectivity index (χ4v) is 4.86. The summed E-state index contributed by atoms with van der Waals surface area (Å²) in [5.41, 5.74) is 1.83. The molecule has 2 aliphatic heterocycles. The molecule has 4 rings (SSSR count). The van der Waals surface area contributed by atoms with E-state index in [1.54, 1.807) is 24.3 Å². The van der Waals surface area contributed by atoms with Gasteiger partial charge in [-0.15, -0.1) is 0 Å². The lowest BCUT2D eigenvalue weighted by Gasteiger charge is -2.34. The highest BCUT2D eigenvalue weighted by Gasteiger charge is 2.73. The Kier molecular flexibility index (Phi) is 7.54. The Balaban J connectivity index is 1.29. The molecule has 2 aromatic rings. The van der Waals surface area contributed by atoms with Gasteiger partial charge in [0, 0.05) is 38.3 Å². The van der Waals surface area contributed by atoms with Crippen LogP contribution in [-0.4, -0.2) is 77.8 Å². The van der Waals surface area contributed by atoms with Gasteiger partial charge in [-0.1, -0.05) is 18.2 Å². The number of methoxy groups -OCH3 is 1. The summed E-state index contributed by atoms with van der Waals surface area (Å²) in [5, 5.41) is 9.24. The first-order valence-corrected chi connectivity index (χ1v) is 11.6. The minimum absolute atomic E-state index is 0.0924. The van der Waals surface area contributed by atoms with Crippen LogP contribution in [0.5, 0.6) is 11.5 Å². The highest BCUT2D eigenvalue weighted by molar-refractivity contribution is 5.90. The summed E-state index contributed by atoms with van der Waals surface area (Å²) in [6.07, 6.45) is -5.46. The molecule has 0 spiro atoms. The summed E-state index contributed by atoms with van der Waals surface area (Å²) in [6, 6.07) is 11.2. The number of likely N-dealkylation sites (tertiary alicyclic amines) is 2. The van der Waals surface area contributed by atoms with Crippen LogP contribution in [0.25, 0.3) is 0 Å². The van der Waals surface area contributed by atoms with Crippen molar-refractivity contribution in [3.8, 4) is 11.5 Å². The van der Waals surface area contributed by atoms with E-state index >= 15 is 0 Å². The molecule has 0 aromatic heterocycles. The fraction of sp³-hybridized carbons (Fsp3) is 0.480. The third-order valence-corrected chi connectivity index (χ3v) is 6.89. The van der Waals surface area contributed by atoms with E-state index in [1.165, 1.54) is 25.3 Å². The van der Waals surface area contributed by atoms with Crippen LogP contribution in [0.2, 0.25) is 0 Å². The molecule has 2 atom stereocenters. The molecule has 2 heterocycles. The number of piperazine rings is 1. The molecular weight excluding hydrogens is 525 g/mol. The Morgan fingerprint density at radius 3 is 1.97 bits per heavy atom. The first-order valence-electron chi connectivity index (χ1n) is 11.6. The third-order valence-electron chi connectivity index (χ3n) is 6.89. The highest BCUT2D eigenvalue weighted by atomic mass is 19.4. The molecule has 2 aliphatic rings. The van der Waals surface area contributed by atoms with E-state index in [0.29, 0.717) is 18.8 Å². The van der Waals surface area contributed by atoms with Crippen LogP contribution in [-0.2, 0) is 13.1 Å². The van der Waals surface area contributed by atoms with Crippen LogP contribution in [0, 0.1) is 0 Å². The number of carboxylic acid groups (broad SMARTS) is 1. The van der Waals surface area contributed by atoms with Gasteiger partial charge in [-0.3, -0.25) is 9.80 Å². The largest absolute Gasteiger partial charge is 0.496 e. The Morgan fingerprint density at radius 2 is 1.47 bits per heavy atom. The average molecular weight is 550 g/mol. The molecule has 0 radical (unpaired) electrons. The van der Waals surface area contributed by atoms with E-state index in [9.17, 15) is 40.6 Å². The van der Waals surface area contributed by atoms with E-state index in [0.717, 1.165) is 30.6 Å². The van der Waals surface area contributed by atoms with Crippen LogP contribution < -0.4 is 9.47 Å². The minimum atomic E-state index is -6.40. The maximum Gasteiger partial charge on any atom is 0.460 e. The summed E-state index contributed by atoms with van der Waals surface area (Å²) < 4.78 is 99.4. The first-order chi connectivity index (χ1) is 17.7. The second-order valence-corrected chi connectivity index (χ2v) is 9.45. The smallest absolute Gasteiger partial charge is 0.460 e. The summed E-state index contributed by atoms with van der Waals surface area (Å²) >= 11 is 0. The van der Waals surface area contributed by atoms with E-state index < -0.39 is 30.6 Å². The Labute approximate surface area is 213 Å². The van der Waals surface area contributed by atoms with Crippen LogP contribution in [0.3, 0.4) is 0 Å². The monoisotopic (exact) mass is 550 g/mol. The molecule has 2 unspecified atom stereocenters. The number of benzene rings is 2. The van der Waals surface area contributed by atoms with Crippen molar-refractivity contribution >= 4 is 5.97 Å². The second kappa shape index (κ2) is 10.3. The van der Waals surface area contributed by atoms with Crippen LogP contribution >= 0.6 is 0 Å². The lowest BCUT2D eigenvalue weighted by atomic mass is 10.1. The predicted molar refractivity (Wildman–Crippen MR) is 121 cm³/mol. The zero-order valence-electron chi connectivity index (χ0n) is 20.2. The maximum absolute atomic E-state index is 13.4. The van der Waals surface area contributed by atoms with E-state index in [2.05, 4.69) is 14.5 Å². The van der Waals surface area contributed by atoms with Crippen molar-refractivity contribution in [3.05, 3.63) is 59.2 Å². The van der Waals surface area contributed by atoms with Gasteiger partial charge in [0.15, 0.2) is 6.61 Å². The normalized spacial score (nSPS) is 20.6. The Morgan fingerprint density at radius 1 is 0.921 bits per heavy atom. The molecule has 2 aromatic carbocycles. The van der Waals surface area contributed by atoms with Crippen molar-refractivity contribution < 1.29 is 50.1 Å². The van der Waals surface area contributed by atoms with Crippen LogP contribution in [0.4, 0.5) is 30.7 Å². The molecule has 2 bridgehead atoms. The number of hydrogen-bond acceptors (Lipinski definition) is 5. The standard InChI is InChI=1S/C25H25F7N2O4/c1-37-21-8-16(4-7-20(21)22(35)36)11-34-13-17-9-18(34)12-33(17)10-15-2-5-19(6-3-15)38-14-23(26,27)24(28,29)25(30,31)32/h2-8,17-18H,9-14H2,1H3,(H,35,36). The van der Waals surface area contributed by atoms with Crippen molar-refractivity contribution in [2.45, 2.75) is 49.6 Å². The van der Waals surface area contributed by atoms with Gasteiger partial charge in [0.05, 0.1) is 7.11 Å². The van der Waals surface area contributed by atoms with E-state index in [1.807, 2.05) is 0 Å². The highest BCUT2D eigenvalue weighted by Crippen LogP contribution is 2.46. The number of carbonyl (C=O) groups is 1.